The number of allylic oxidation sites excluding steroid dienone is 2. The Labute approximate surface area is 432 Å². The van der Waals surface area contributed by atoms with Crippen LogP contribution in [0.25, 0.3) is 10.9 Å². The van der Waals surface area contributed by atoms with Gasteiger partial charge in [0.15, 0.2) is 0 Å². The van der Waals surface area contributed by atoms with E-state index in [4.69, 9.17) is 4.74 Å². The van der Waals surface area contributed by atoms with Gasteiger partial charge in [-0.25, -0.2) is 0 Å². The lowest BCUT2D eigenvalue weighted by molar-refractivity contribution is -0.145. The van der Waals surface area contributed by atoms with Crippen LogP contribution in [0.1, 0.15) is 106 Å². The molecule has 73 heavy (non-hydrogen) atoms. The minimum atomic E-state index is -1.45. The van der Waals surface area contributed by atoms with Gasteiger partial charge in [0.25, 0.3) is 0 Å². The van der Waals surface area contributed by atoms with E-state index in [1.165, 1.54) is 37.9 Å². The summed E-state index contributed by atoms with van der Waals surface area (Å²) in [6, 6.07) is 7.44. The summed E-state index contributed by atoms with van der Waals surface area (Å²) in [5.41, 5.74) is 2.39. The van der Waals surface area contributed by atoms with Crippen LogP contribution in [0, 0.1) is 23.7 Å². The Kier molecular flexibility index (Phi) is 21.1. The van der Waals surface area contributed by atoms with Gasteiger partial charge in [-0.3, -0.25) is 33.6 Å². The van der Waals surface area contributed by atoms with Gasteiger partial charge < -0.3 is 50.8 Å². The van der Waals surface area contributed by atoms with Crippen LogP contribution in [-0.4, -0.2) is 131 Å². The highest BCUT2D eigenvalue weighted by Gasteiger charge is 2.42. The highest BCUT2D eigenvalue weighted by atomic mass is 16.5. The average molecular weight is 1010 g/mol. The molecule has 0 saturated carbocycles. The van der Waals surface area contributed by atoms with E-state index in [9.17, 15) is 29.1 Å². The van der Waals surface area contributed by atoms with Crippen molar-refractivity contribution in [3.05, 3.63) is 96.2 Å². The van der Waals surface area contributed by atoms with Crippen molar-refractivity contribution in [3.8, 4) is 0 Å². The number of carbonyl (C=O) groups excluding carboxylic acids is 7. The molecule has 2 heterocycles. The number of aliphatic hydroxyl groups excluding tert-OH is 1. The van der Waals surface area contributed by atoms with Crippen molar-refractivity contribution in [2.75, 3.05) is 27.8 Å². The lowest BCUT2D eigenvalue weighted by Crippen LogP contribution is -2.62. The monoisotopic (exact) mass is 1010 g/mol. The Balaban J connectivity index is 1.99. The van der Waals surface area contributed by atoms with Crippen LogP contribution in [0.4, 0.5) is 0 Å². The maximum atomic E-state index is 15.3. The zero-order valence-electron chi connectivity index (χ0n) is 45.4. The number of aliphatic hydroxyl groups is 1. The largest absolute Gasteiger partial charge is 0.396 e. The van der Waals surface area contributed by atoms with Crippen LogP contribution in [0.2, 0.25) is 0 Å². The first kappa shape index (κ1) is 59.2. The highest BCUT2D eigenvalue weighted by molar-refractivity contribution is 5.99. The number of rotatable bonds is 15. The Morgan fingerprint density at radius 1 is 0.726 bits per heavy atom. The Morgan fingerprint density at radius 2 is 1.27 bits per heavy atom. The standard InChI is InChI=1S/C56H82N8O9/c1-16-56(11,12)64-30-39(40-24-20-21-25-42(40)64)29-41-54(71)62(13)44(28-35(8)31-65)50(67)57-37(10)49(66)61-47(48(73-15)38-22-18-17-19-23-38)53(70)59-45(34(6)7)55(72)63(14)43(27-33(4)5)51(68)60-46(52(69)58-41)36(9)26-32(2)3/h16-26,30,33-37,41,43-48,65H,1,27-29,31H2,2-15H3,(H,57,67)(H,58,69)(H,59,70)(H,60,68)(H,61,66)/t35-,36-,37+,41+,43+,44+,45+,46+,47+,48-/m1/s1. The Hall–Kier alpha value is -6.33. The minimum absolute atomic E-state index is 0.0388. The predicted molar refractivity (Wildman–Crippen MR) is 284 cm³/mol. The fraction of sp³-hybridized carbons (Fsp3) is 0.554. The minimum Gasteiger partial charge on any atom is -0.396 e. The zero-order chi connectivity index (χ0) is 54.6. The summed E-state index contributed by atoms with van der Waals surface area (Å²) in [4.78, 5) is 106. The fourth-order valence-corrected chi connectivity index (χ4v) is 9.33. The molecule has 400 valence electrons. The normalized spacial score (nSPS) is 24.0. The number of methoxy groups -OCH3 is 1. The molecule has 4 rings (SSSR count). The molecule has 7 amide bonds. The van der Waals surface area contributed by atoms with Gasteiger partial charge in [-0.1, -0.05) is 108 Å². The predicted octanol–water partition coefficient (Wildman–Crippen LogP) is 4.93. The van der Waals surface area contributed by atoms with E-state index in [1.54, 1.807) is 58.0 Å². The third-order valence-corrected chi connectivity index (χ3v) is 13.8. The molecule has 1 aliphatic heterocycles. The van der Waals surface area contributed by atoms with Gasteiger partial charge in [0.1, 0.15) is 48.4 Å². The van der Waals surface area contributed by atoms with Crippen molar-refractivity contribution >= 4 is 52.3 Å². The molecule has 0 radical (unpaired) electrons. The number of carbonyl (C=O) groups is 7. The maximum Gasteiger partial charge on any atom is 0.246 e. The van der Waals surface area contributed by atoms with E-state index in [0.717, 1.165) is 16.5 Å². The number of hydrogen-bond acceptors (Lipinski definition) is 9. The zero-order valence-corrected chi connectivity index (χ0v) is 45.4. The number of nitrogens with zero attached hydrogens (tertiary/aromatic N) is 3. The third-order valence-electron chi connectivity index (χ3n) is 13.8. The Bertz CT molecular complexity index is 2460. The number of likely N-dealkylation sites (N-methyl/N-ethyl adjacent to an activating group) is 2. The maximum absolute atomic E-state index is 15.3. The summed E-state index contributed by atoms with van der Waals surface area (Å²) in [5.74, 6) is -6.64. The summed E-state index contributed by atoms with van der Waals surface area (Å²) in [6.45, 7) is 23.7. The summed E-state index contributed by atoms with van der Waals surface area (Å²) in [7, 11) is 4.30. The van der Waals surface area contributed by atoms with Crippen molar-refractivity contribution in [1.82, 2.24) is 41.0 Å². The van der Waals surface area contributed by atoms with Gasteiger partial charge in [0, 0.05) is 57.3 Å². The number of ether oxygens (including phenoxy) is 1. The molecule has 2 aromatic carbocycles. The molecular weight excluding hydrogens is 929 g/mol. The molecule has 1 aliphatic rings. The molecule has 3 aromatic rings. The van der Waals surface area contributed by atoms with Crippen LogP contribution in [0.15, 0.2) is 85.1 Å². The number of fused-ring (bicyclic) bond motifs is 1. The average Bonchev–Trinajstić information content (AvgIpc) is 3.72. The molecule has 0 bridgehead atoms. The van der Waals surface area contributed by atoms with E-state index in [-0.39, 0.29) is 31.8 Å². The fourth-order valence-electron chi connectivity index (χ4n) is 9.33. The molecule has 6 N–H and O–H groups in total. The van der Waals surface area contributed by atoms with Crippen molar-refractivity contribution in [2.24, 2.45) is 23.7 Å². The van der Waals surface area contributed by atoms with Crippen molar-refractivity contribution < 1.29 is 43.4 Å². The first-order valence-corrected chi connectivity index (χ1v) is 25.4. The van der Waals surface area contributed by atoms with E-state index in [1.807, 2.05) is 88.7 Å². The lowest BCUT2D eigenvalue weighted by Gasteiger charge is -2.35. The van der Waals surface area contributed by atoms with Gasteiger partial charge in [0.2, 0.25) is 41.4 Å². The second kappa shape index (κ2) is 26.1. The number of aromatic nitrogens is 1. The second-order valence-electron chi connectivity index (χ2n) is 21.4. The molecule has 10 atom stereocenters. The molecule has 17 heteroatoms. The first-order chi connectivity index (χ1) is 34.3. The van der Waals surface area contributed by atoms with Crippen LogP contribution in [0.5, 0.6) is 0 Å². The molecule has 0 spiro atoms. The van der Waals surface area contributed by atoms with Gasteiger partial charge >= 0.3 is 0 Å². The molecule has 0 unspecified atom stereocenters. The molecule has 1 fully saturated rings. The summed E-state index contributed by atoms with van der Waals surface area (Å²) >= 11 is 0. The molecule has 0 aliphatic carbocycles. The van der Waals surface area contributed by atoms with Gasteiger partial charge in [-0.15, -0.1) is 6.58 Å². The van der Waals surface area contributed by atoms with Crippen LogP contribution < -0.4 is 26.6 Å². The first-order valence-electron chi connectivity index (χ1n) is 25.4. The van der Waals surface area contributed by atoms with E-state index < -0.39 is 113 Å². The summed E-state index contributed by atoms with van der Waals surface area (Å²) in [6.07, 6.45) is 4.58. The number of para-hydroxylation sites is 1. The smallest absolute Gasteiger partial charge is 0.246 e. The highest BCUT2D eigenvalue weighted by Crippen LogP contribution is 2.30. The molecule has 1 aromatic heterocycles. The molecular formula is C56H82N8O9. The quantitative estimate of drug-likeness (QED) is 0.114. The van der Waals surface area contributed by atoms with Crippen molar-refractivity contribution in [2.45, 2.75) is 149 Å². The van der Waals surface area contributed by atoms with Crippen molar-refractivity contribution in [1.29, 1.82) is 0 Å². The van der Waals surface area contributed by atoms with Gasteiger partial charge in [0.05, 0.1) is 5.54 Å². The molecule has 17 nitrogen and oxygen atoms in total. The number of amides is 7. The topological polar surface area (TPSA) is 221 Å². The third kappa shape index (κ3) is 14.9. The molecule has 1 saturated heterocycles. The number of benzene rings is 2. The SMILES string of the molecule is C=CC(C)(C)n1cc(C[C@@H]2NC(=O)[C@H]([C@H](C)C=C(C)C)NC(=O)[C@H](CC(C)C)N(C)C(=O)[C@H](C(C)C)NC(=O)[C@H]([C@H](OC)c3ccccc3)NC(=O)[C@H](C)NC(=O)[C@H](C[C@@H](C)CO)N(C)C2=O)c2ccccc21. The second-order valence-corrected chi connectivity index (χ2v) is 21.4. The Morgan fingerprint density at radius 3 is 1.85 bits per heavy atom. The number of hydrogen-bond donors (Lipinski definition) is 6. The summed E-state index contributed by atoms with van der Waals surface area (Å²) < 4.78 is 7.92. The number of nitrogens with one attached hydrogen (secondary N) is 5. The van der Waals surface area contributed by atoms with Crippen LogP contribution in [0.3, 0.4) is 0 Å². The van der Waals surface area contributed by atoms with E-state index in [2.05, 4.69) is 33.2 Å². The lowest BCUT2D eigenvalue weighted by atomic mass is 9.94. The van der Waals surface area contributed by atoms with Gasteiger partial charge in [-0.2, -0.15) is 0 Å². The van der Waals surface area contributed by atoms with Gasteiger partial charge in [-0.05, 0) is 82.4 Å². The van der Waals surface area contributed by atoms with Crippen LogP contribution >= 0.6 is 0 Å². The summed E-state index contributed by atoms with van der Waals surface area (Å²) in [5, 5.41) is 25.4. The van der Waals surface area contributed by atoms with E-state index >= 15 is 9.59 Å². The van der Waals surface area contributed by atoms with Crippen molar-refractivity contribution in [3.63, 3.8) is 0 Å². The van der Waals surface area contributed by atoms with Crippen LogP contribution in [-0.2, 0) is 50.3 Å². The van der Waals surface area contributed by atoms with E-state index in [0.29, 0.717) is 11.1 Å².